The summed E-state index contributed by atoms with van der Waals surface area (Å²) in [6.45, 7) is 0.455. The van der Waals surface area contributed by atoms with Crippen LogP contribution in [0.4, 0.5) is 0 Å². The van der Waals surface area contributed by atoms with Crippen molar-refractivity contribution < 1.29 is 15.1 Å². The first-order valence-corrected chi connectivity index (χ1v) is 8.76. The highest BCUT2D eigenvalue weighted by Gasteiger charge is 2.06. The molecule has 1 heterocycles. The van der Waals surface area contributed by atoms with Gasteiger partial charge in [-0.1, -0.05) is 16.7 Å². The van der Waals surface area contributed by atoms with E-state index in [1.165, 1.54) is 5.12 Å². The molecule has 27 heavy (non-hydrogen) atoms. The van der Waals surface area contributed by atoms with Crippen LogP contribution in [0.3, 0.4) is 0 Å². The summed E-state index contributed by atoms with van der Waals surface area (Å²) >= 11 is 1.05. The van der Waals surface area contributed by atoms with E-state index in [9.17, 15) is 5.21 Å². The fourth-order valence-electron chi connectivity index (χ4n) is 1.99. The molecule has 10 nitrogen and oxygen atoms in total. The van der Waals surface area contributed by atoms with Crippen molar-refractivity contribution in [3.63, 3.8) is 0 Å². The average molecular weight is 393 g/mol. The summed E-state index contributed by atoms with van der Waals surface area (Å²) in [6, 6.07) is 10.7. The largest absolute Gasteiger partial charge is 0.495 e. The number of nitrogens with one attached hydrogen (secondary N) is 1. The van der Waals surface area contributed by atoms with E-state index in [1.54, 1.807) is 49.7 Å². The second kappa shape index (κ2) is 10.7. The third kappa shape index (κ3) is 7.02. The van der Waals surface area contributed by atoms with Gasteiger partial charge in [0.15, 0.2) is 5.84 Å². The van der Waals surface area contributed by atoms with E-state index in [-0.39, 0.29) is 25.5 Å². The number of methoxy groups -OCH3 is 1. The molecule has 0 unspecified atom stereocenters. The van der Waals surface area contributed by atoms with Crippen LogP contribution in [0.1, 0.15) is 11.3 Å². The second-order valence-electron chi connectivity index (χ2n) is 5.29. The van der Waals surface area contributed by atoms with Gasteiger partial charge in [-0.25, -0.2) is 16.4 Å². The molecule has 0 atom stereocenters. The van der Waals surface area contributed by atoms with Crippen molar-refractivity contribution in [1.29, 1.82) is 0 Å². The number of aliphatic hydroxyl groups is 1. The molecule has 0 spiro atoms. The van der Waals surface area contributed by atoms with Crippen LogP contribution in [-0.4, -0.2) is 51.1 Å². The average Bonchev–Trinajstić information content (AvgIpc) is 2.67. The summed E-state index contributed by atoms with van der Waals surface area (Å²) in [6.07, 6.45) is 1.60. The van der Waals surface area contributed by atoms with E-state index in [0.717, 1.165) is 27.1 Å². The highest BCUT2D eigenvalue weighted by Crippen LogP contribution is 2.19. The van der Waals surface area contributed by atoms with E-state index >= 15 is 0 Å². The quantitative estimate of drug-likeness (QED) is 0.125. The fourth-order valence-corrected chi connectivity index (χ4v) is 2.60. The van der Waals surface area contributed by atoms with Gasteiger partial charge in [-0.2, -0.15) is 0 Å². The minimum absolute atomic E-state index is 0.0782. The predicted molar refractivity (Wildman–Crippen MR) is 102 cm³/mol. The number of hydrogen-bond donors (Lipinski definition) is 5. The molecule has 1 aromatic heterocycles. The molecular formula is C16H23N7O3S. The minimum atomic E-state index is -0.0782. The Hall–Kier alpha value is -2.41. The van der Waals surface area contributed by atoms with Gasteiger partial charge in [-0.05, 0) is 24.3 Å². The number of amidine groups is 1. The first kappa shape index (κ1) is 20.9. The second-order valence-corrected chi connectivity index (χ2v) is 6.29. The van der Waals surface area contributed by atoms with E-state index in [2.05, 4.69) is 15.5 Å². The van der Waals surface area contributed by atoms with Gasteiger partial charge >= 0.3 is 0 Å². The third-order valence-electron chi connectivity index (χ3n) is 3.29. The normalized spacial score (nSPS) is 11.7. The molecule has 2 rings (SSSR count). The summed E-state index contributed by atoms with van der Waals surface area (Å²) in [4.78, 5) is 4.99. The number of hydrazone groups is 1. The summed E-state index contributed by atoms with van der Waals surface area (Å²) in [5.74, 6) is 6.79. The number of rotatable bonds is 10. The van der Waals surface area contributed by atoms with E-state index < -0.39 is 0 Å². The van der Waals surface area contributed by atoms with Gasteiger partial charge in [0.2, 0.25) is 0 Å². The Kier molecular flexibility index (Phi) is 8.26. The molecule has 0 aliphatic rings. The van der Waals surface area contributed by atoms with Crippen molar-refractivity contribution in [3.8, 4) is 5.75 Å². The zero-order chi connectivity index (χ0) is 19.6. The van der Waals surface area contributed by atoms with Gasteiger partial charge < -0.3 is 15.6 Å². The number of benzene rings is 1. The van der Waals surface area contributed by atoms with Crippen molar-refractivity contribution in [2.75, 3.05) is 20.3 Å². The number of pyridine rings is 1. The summed E-state index contributed by atoms with van der Waals surface area (Å²) in [5, 5.41) is 23.7. The highest BCUT2D eigenvalue weighted by atomic mass is 32.2. The Morgan fingerprint density at radius 3 is 2.63 bits per heavy atom. The highest BCUT2D eigenvalue weighted by molar-refractivity contribution is 7.96. The lowest BCUT2D eigenvalue weighted by atomic mass is 10.2. The van der Waals surface area contributed by atoms with Crippen molar-refractivity contribution in [2.45, 2.75) is 11.4 Å². The fraction of sp³-hybridized carbons (Fsp3) is 0.250. The maximum absolute atomic E-state index is 9.59. The van der Waals surface area contributed by atoms with Crippen LogP contribution in [-0.2, 0) is 6.54 Å². The molecule has 0 radical (unpaired) electrons. The number of nitrogens with two attached hydrogens (primary N) is 2. The van der Waals surface area contributed by atoms with Crippen LogP contribution in [0.5, 0.6) is 5.75 Å². The van der Waals surface area contributed by atoms with Crippen molar-refractivity contribution in [1.82, 2.24) is 20.1 Å². The standard InChI is InChI=1S/C16H23N7O3S/c1-26-14-5-4-13(19-10-14)11-22(18)21-16(17)12-2-6-15(7-3-12)27-23(25)20-8-9-24/h2-7,10,20,24-25H,8-9,11,18H2,1H3,(H2,17,21). The number of ether oxygens (including phenoxy) is 1. The SMILES string of the molecule is COc1ccc(CN(N)/N=C(\N)c2ccc(SN(O)NCCO)cc2)nc1. The van der Waals surface area contributed by atoms with Crippen LogP contribution in [0.15, 0.2) is 52.6 Å². The molecule has 2 aromatic rings. The zero-order valence-electron chi connectivity index (χ0n) is 14.8. The molecule has 11 heteroatoms. The Morgan fingerprint density at radius 1 is 1.30 bits per heavy atom. The van der Waals surface area contributed by atoms with Gasteiger partial charge in [0.25, 0.3) is 0 Å². The molecule has 0 saturated carbocycles. The van der Waals surface area contributed by atoms with Gasteiger partial charge in [0, 0.05) is 29.0 Å². The van der Waals surface area contributed by atoms with Crippen LogP contribution in [0.2, 0.25) is 0 Å². The summed E-state index contributed by atoms with van der Waals surface area (Å²) in [7, 11) is 1.57. The molecule has 146 valence electrons. The predicted octanol–water partition coefficient (Wildman–Crippen LogP) is 0.282. The lowest BCUT2D eigenvalue weighted by Gasteiger charge is -2.15. The Bertz CT molecular complexity index is 728. The molecule has 0 amide bonds. The topological polar surface area (TPSA) is 145 Å². The molecule has 0 saturated heterocycles. The maximum Gasteiger partial charge on any atom is 0.152 e. The summed E-state index contributed by atoms with van der Waals surface area (Å²) in [5.41, 5.74) is 9.99. The Balaban J connectivity index is 1.93. The first-order valence-electron chi connectivity index (χ1n) is 7.99. The van der Waals surface area contributed by atoms with E-state index in [4.69, 9.17) is 21.4 Å². The number of aliphatic hydroxyl groups excluding tert-OH is 1. The van der Waals surface area contributed by atoms with Crippen molar-refractivity contribution >= 4 is 17.8 Å². The van der Waals surface area contributed by atoms with Crippen molar-refractivity contribution in [2.24, 2.45) is 16.7 Å². The zero-order valence-corrected chi connectivity index (χ0v) is 15.6. The maximum atomic E-state index is 9.59. The van der Waals surface area contributed by atoms with Crippen LogP contribution in [0, 0.1) is 0 Å². The smallest absolute Gasteiger partial charge is 0.152 e. The van der Waals surface area contributed by atoms with Crippen LogP contribution >= 0.6 is 11.9 Å². The molecule has 1 aromatic carbocycles. The first-order chi connectivity index (χ1) is 13.0. The van der Waals surface area contributed by atoms with Gasteiger partial charge in [-0.3, -0.25) is 10.2 Å². The number of nitrogens with zero attached hydrogens (tertiary/aromatic N) is 4. The molecule has 0 aliphatic heterocycles. The molecule has 0 bridgehead atoms. The number of aromatic nitrogens is 1. The van der Waals surface area contributed by atoms with Crippen LogP contribution in [0.25, 0.3) is 0 Å². The third-order valence-corrected chi connectivity index (χ3v) is 4.08. The van der Waals surface area contributed by atoms with Crippen LogP contribution < -0.4 is 21.7 Å². The minimum Gasteiger partial charge on any atom is -0.495 e. The Morgan fingerprint density at radius 2 is 2.04 bits per heavy atom. The lowest BCUT2D eigenvalue weighted by Crippen LogP contribution is -2.31. The summed E-state index contributed by atoms with van der Waals surface area (Å²) < 4.78 is 5.88. The molecule has 7 N–H and O–H groups in total. The molecule has 0 fully saturated rings. The molecule has 0 aliphatic carbocycles. The number of hydrazine groups is 2. The monoisotopic (exact) mass is 393 g/mol. The number of hydrogen-bond acceptors (Lipinski definition) is 10. The van der Waals surface area contributed by atoms with Gasteiger partial charge in [0.1, 0.15) is 5.75 Å². The van der Waals surface area contributed by atoms with E-state index in [0.29, 0.717) is 11.3 Å². The van der Waals surface area contributed by atoms with Gasteiger partial charge in [-0.15, -0.1) is 5.10 Å². The van der Waals surface area contributed by atoms with E-state index in [1.807, 2.05) is 0 Å². The van der Waals surface area contributed by atoms with Crippen molar-refractivity contribution in [3.05, 3.63) is 53.9 Å². The Labute approximate surface area is 161 Å². The van der Waals surface area contributed by atoms with Gasteiger partial charge in [0.05, 0.1) is 32.2 Å². The lowest BCUT2D eigenvalue weighted by molar-refractivity contribution is -0.0350. The molecular weight excluding hydrogens is 370 g/mol.